The molecule has 6 heteroatoms. The summed E-state index contributed by atoms with van der Waals surface area (Å²) in [5.41, 5.74) is 1.58. The largest absolute Gasteiger partial charge is 0.441 e. The monoisotopic (exact) mass is 452 g/mol. The number of aromatic nitrogens is 1. The van der Waals surface area contributed by atoms with Crippen molar-refractivity contribution in [3.05, 3.63) is 69.2 Å². The number of halogens is 2. The van der Waals surface area contributed by atoms with Gasteiger partial charge in [-0.05, 0) is 52.9 Å². The third-order valence-corrected chi connectivity index (χ3v) is 4.37. The molecule has 0 saturated heterocycles. The average Bonchev–Trinajstić information content (AvgIpc) is 3.02. The van der Waals surface area contributed by atoms with Crippen LogP contribution in [0.5, 0.6) is 0 Å². The molecule has 0 aliphatic rings. The van der Waals surface area contributed by atoms with Gasteiger partial charge in [0.15, 0.2) is 11.7 Å². The van der Waals surface area contributed by atoms with Gasteiger partial charge in [0.2, 0.25) is 5.91 Å². The van der Waals surface area contributed by atoms with Crippen molar-refractivity contribution in [2.75, 3.05) is 5.32 Å². The second-order valence-electron chi connectivity index (χ2n) is 5.16. The molecule has 1 aromatic heterocycles. The summed E-state index contributed by atoms with van der Waals surface area (Å²) in [5, 5.41) is 3.47. The summed E-state index contributed by atoms with van der Waals surface area (Å²) in [7, 11) is 0. The van der Waals surface area contributed by atoms with Gasteiger partial charge in [0, 0.05) is 27.7 Å². The SMILES string of the molecule is O=C(CCc1ncc(-c2ccccc2Cl)o1)Nc1cccc(I)c1. The molecule has 2 aromatic carbocycles. The normalized spacial score (nSPS) is 10.6. The quantitative estimate of drug-likeness (QED) is 0.543. The second-order valence-corrected chi connectivity index (χ2v) is 6.81. The van der Waals surface area contributed by atoms with E-state index in [-0.39, 0.29) is 5.91 Å². The summed E-state index contributed by atoms with van der Waals surface area (Å²) in [6.45, 7) is 0. The van der Waals surface area contributed by atoms with E-state index < -0.39 is 0 Å². The van der Waals surface area contributed by atoms with E-state index in [4.69, 9.17) is 16.0 Å². The van der Waals surface area contributed by atoms with Crippen molar-refractivity contribution in [1.29, 1.82) is 0 Å². The van der Waals surface area contributed by atoms with Crippen molar-refractivity contribution < 1.29 is 9.21 Å². The molecule has 0 fully saturated rings. The van der Waals surface area contributed by atoms with E-state index in [1.807, 2.05) is 42.5 Å². The van der Waals surface area contributed by atoms with E-state index in [0.29, 0.717) is 29.5 Å². The summed E-state index contributed by atoms with van der Waals surface area (Å²) in [4.78, 5) is 16.2. The highest BCUT2D eigenvalue weighted by atomic mass is 127. The topological polar surface area (TPSA) is 55.1 Å². The third kappa shape index (κ3) is 4.36. The van der Waals surface area contributed by atoms with Crippen molar-refractivity contribution in [3.8, 4) is 11.3 Å². The summed E-state index contributed by atoms with van der Waals surface area (Å²) < 4.78 is 6.77. The lowest BCUT2D eigenvalue weighted by molar-refractivity contribution is -0.116. The lowest BCUT2D eigenvalue weighted by Gasteiger charge is -2.04. The minimum absolute atomic E-state index is 0.0745. The number of oxazole rings is 1. The molecule has 122 valence electrons. The molecule has 0 saturated carbocycles. The highest BCUT2D eigenvalue weighted by Crippen LogP contribution is 2.28. The van der Waals surface area contributed by atoms with Gasteiger partial charge < -0.3 is 9.73 Å². The Hall–Kier alpha value is -1.86. The van der Waals surface area contributed by atoms with E-state index in [1.54, 1.807) is 12.3 Å². The number of nitrogens with one attached hydrogen (secondary N) is 1. The average molecular weight is 453 g/mol. The number of benzene rings is 2. The highest BCUT2D eigenvalue weighted by Gasteiger charge is 2.11. The van der Waals surface area contributed by atoms with E-state index >= 15 is 0 Å². The molecule has 0 unspecified atom stereocenters. The number of rotatable bonds is 5. The van der Waals surface area contributed by atoms with Gasteiger partial charge in [-0.3, -0.25) is 4.79 Å². The molecule has 3 aromatic rings. The van der Waals surface area contributed by atoms with Crippen LogP contribution in [-0.2, 0) is 11.2 Å². The summed E-state index contributed by atoms with van der Waals surface area (Å²) in [5.74, 6) is 1.05. The number of amides is 1. The van der Waals surface area contributed by atoms with Crippen LogP contribution >= 0.6 is 34.2 Å². The minimum Gasteiger partial charge on any atom is -0.441 e. The Kier molecular flexibility index (Phi) is 5.52. The Bertz CT molecular complexity index is 863. The molecule has 1 amide bonds. The van der Waals surface area contributed by atoms with Crippen LogP contribution in [0.4, 0.5) is 5.69 Å². The van der Waals surface area contributed by atoms with Gasteiger partial charge in [-0.2, -0.15) is 0 Å². The minimum atomic E-state index is -0.0745. The number of nitrogens with zero attached hydrogens (tertiary/aromatic N) is 1. The molecule has 0 aliphatic carbocycles. The molecular formula is C18H14ClIN2O2. The number of anilines is 1. The second kappa shape index (κ2) is 7.81. The first kappa shape index (κ1) is 17.0. The molecular weight excluding hydrogens is 439 g/mol. The first-order valence-corrected chi connectivity index (χ1v) is 8.82. The van der Waals surface area contributed by atoms with Crippen molar-refractivity contribution in [2.24, 2.45) is 0 Å². The Balaban J connectivity index is 1.59. The zero-order chi connectivity index (χ0) is 16.9. The Morgan fingerprint density at radius 1 is 1.21 bits per heavy atom. The van der Waals surface area contributed by atoms with Gasteiger partial charge in [0.05, 0.1) is 11.2 Å². The Morgan fingerprint density at radius 2 is 2.04 bits per heavy atom. The lowest BCUT2D eigenvalue weighted by atomic mass is 10.2. The van der Waals surface area contributed by atoms with E-state index in [0.717, 1.165) is 14.8 Å². The van der Waals surface area contributed by atoms with Crippen LogP contribution in [0.2, 0.25) is 5.02 Å². The smallest absolute Gasteiger partial charge is 0.224 e. The van der Waals surface area contributed by atoms with Crippen LogP contribution in [0.15, 0.2) is 59.1 Å². The molecule has 0 spiro atoms. The molecule has 0 atom stereocenters. The van der Waals surface area contributed by atoms with Crippen LogP contribution < -0.4 is 5.32 Å². The predicted molar refractivity (Wildman–Crippen MR) is 103 cm³/mol. The number of hydrogen-bond acceptors (Lipinski definition) is 3. The summed E-state index contributed by atoms with van der Waals surface area (Å²) >= 11 is 8.35. The van der Waals surface area contributed by atoms with Crippen molar-refractivity contribution in [1.82, 2.24) is 4.98 Å². The van der Waals surface area contributed by atoms with Gasteiger partial charge in [0.1, 0.15) is 0 Å². The Morgan fingerprint density at radius 3 is 2.83 bits per heavy atom. The van der Waals surface area contributed by atoms with Gasteiger partial charge >= 0.3 is 0 Å². The number of carbonyl (C=O) groups excluding carboxylic acids is 1. The van der Waals surface area contributed by atoms with Crippen molar-refractivity contribution in [2.45, 2.75) is 12.8 Å². The molecule has 0 bridgehead atoms. The van der Waals surface area contributed by atoms with Crippen LogP contribution in [-0.4, -0.2) is 10.9 Å². The maximum Gasteiger partial charge on any atom is 0.224 e. The van der Waals surface area contributed by atoms with Gasteiger partial charge in [-0.15, -0.1) is 0 Å². The fourth-order valence-electron chi connectivity index (χ4n) is 2.22. The summed E-state index contributed by atoms with van der Waals surface area (Å²) in [6, 6.07) is 15.1. The molecule has 1 N–H and O–H groups in total. The number of aryl methyl sites for hydroxylation is 1. The maximum absolute atomic E-state index is 12.0. The van der Waals surface area contributed by atoms with E-state index in [9.17, 15) is 4.79 Å². The first-order chi connectivity index (χ1) is 11.6. The number of carbonyl (C=O) groups is 1. The van der Waals surface area contributed by atoms with E-state index in [1.165, 1.54) is 0 Å². The predicted octanol–water partition coefficient (Wildman–Crippen LogP) is 5.17. The van der Waals surface area contributed by atoms with Crippen LogP contribution in [0.25, 0.3) is 11.3 Å². The molecule has 0 aliphatic heterocycles. The molecule has 0 radical (unpaired) electrons. The standard InChI is InChI=1S/C18H14ClIN2O2/c19-15-7-2-1-6-14(15)16-11-21-18(24-16)9-8-17(23)22-13-5-3-4-12(20)10-13/h1-7,10-11H,8-9H2,(H,22,23). The molecule has 24 heavy (non-hydrogen) atoms. The molecule has 4 nitrogen and oxygen atoms in total. The highest BCUT2D eigenvalue weighted by molar-refractivity contribution is 14.1. The van der Waals surface area contributed by atoms with E-state index in [2.05, 4.69) is 32.9 Å². The van der Waals surface area contributed by atoms with Gasteiger partial charge in [-0.25, -0.2) is 4.98 Å². The van der Waals surface area contributed by atoms with Crippen LogP contribution in [0.1, 0.15) is 12.3 Å². The number of hydrogen-bond donors (Lipinski definition) is 1. The molecule has 3 rings (SSSR count). The lowest BCUT2D eigenvalue weighted by Crippen LogP contribution is -2.12. The van der Waals surface area contributed by atoms with Gasteiger partial charge in [-0.1, -0.05) is 29.8 Å². The van der Waals surface area contributed by atoms with Crippen molar-refractivity contribution in [3.63, 3.8) is 0 Å². The van der Waals surface area contributed by atoms with Crippen molar-refractivity contribution >= 4 is 45.8 Å². The van der Waals surface area contributed by atoms with Gasteiger partial charge in [0.25, 0.3) is 0 Å². The fraction of sp³-hybridized carbons (Fsp3) is 0.111. The summed E-state index contributed by atoms with van der Waals surface area (Å²) in [6.07, 6.45) is 2.36. The fourth-order valence-corrected chi connectivity index (χ4v) is 2.99. The Labute approximate surface area is 158 Å². The first-order valence-electron chi connectivity index (χ1n) is 7.37. The zero-order valence-electron chi connectivity index (χ0n) is 12.6. The van der Waals surface area contributed by atoms with Crippen LogP contribution in [0, 0.1) is 3.57 Å². The third-order valence-electron chi connectivity index (χ3n) is 3.37. The molecule has 1 heterocycles. The van der Waals surface area contributed by atoms with Crippen LogP contribution in [0.3, 0.4) is 0 Å². The maximum atomic E-state index is 12.0. The zero-order valence-corrected chi connectivity index (χ0v) is 15.5.